The summed E-state index contributed by atoms with van der Waals surface area (Å²) in [6, 6.07) is 16.1. The van der Waals surface area contributed by atoms with Crippen molar-refractivity contribution in [2.75, 3.05) is 0 Å². The van der Waals surface area contributed by atoms with Crippen LogP contribution in [0, 0.1) is 12.7 Å². The van der Waals surface area contributed by atoms with Crippen molar-refractivity contribution in [2.24, 2.45) is 0 Å². The van der Waals surface area contributed by atoms with Crippen LogP contribution in [0.5, 0.6) is 5.88 Å². The Morgan fingerprint density at radius 2 is 1.72 bits per heavy atom. The van der Waals surface area contributed by atoms with Gasteiger partial charge in [-0.15, -0.1) is 0 Å². The molecule has 1 N–H and O–H groups in total. The van der Waals surface area contributed by atoms with E-state index in [1.807, 2.05) is 30.3 Å². The highest BCUT2D eigenvalue weighted by atomic mass is 19.1. The number of imidazole rings is 1. The van der Waals surface area contributed by atoms with E-state index in [2.05, 4.69) is 4.98 Å². The van der Waals surface area contributed by atoms with Crippen LogP contribution in [0.15, 0.2) is 60.8 Å². The second kappa shape index (κ2) is 6.02. The summed E-state index contributed by atoms with van der Waals surface area (Å²) in [7, 11) is 0. The fraction of sp³-hybridized carbons (Fsp3) is 0.100. The molecule has 4 aromatic rings. The Labute approximate surface area is 144 Å². The molecule has 0 unspecified atom stereocenters. The fourth-order valence-corrected chi connectivity index (χ4v) is 2.88. The van der Waals surface area contributed by atoms with Crippen molar-refractivity contribution in [1.82, 2.24) is 14.4 Å². The average molecular weight is 333 g/mol. The highest BCUT2D eigenvalue weighted by Gasteiger charge is 2.15. The van der Waals surface area contributed by atoms with E-state index in [4.69, 9.17) is 4.98 Å². The number of hydrogen-bond acceptors (Lipinski definition) is 3. The molecule has 0 atom stereocenters. The summed E-state index contributed by atoms with van der Waals surface area (Å²) in [4.78, 5) is 9.18. The minimum Gasteiger partial charge on any atom is -0.493 e. The second-order valence-corrected chi connectivity index (χ2v) is 5.96. The maximum Gasteiger partial charge on any atom is 0.219 e. The van der Waals surface area contributed by atoms with Gasteiger partial charge in [-0.2, -0.15) is 0 Å². The molecule has 0 fully saturated rings. The highest BCUT2D eigenvalue weighted by molar-refractivity contribution is 5.63. The molecule has 0 bridgehead atoms. The van der Waals surface area contributed by atoms with Crippen molar-refractivity contribution in [3.05, 3.63) is 83.6 Å². The molecule has 0 saturated carbocycles. The summed E-state index contributed by atoms with van der Waals surface area (Å²) in [5.74, 6) is -0.203. The summed E-state index contributed by atoms with van der Waals surface area (Å²) in [5.41, 5.74) is 4.48. The Bertz CT molecular complexity index is 1040. The summed E-state index contributed by atoms with van der Waals surface area (Å²) in [6.07, 6.45) is 2.32. The lowest BCUT2D eigenvalue weighted by molar-refractivity contribution is 0.444. The minimum absolute atomic E-state index is 0.0927. The molecule has 0 saturated heterocycles. The van der Waals surface area contributed by atoms with Gasteiger partial charge in [-0.05, 0) is 36.8 Å². The first-order valence-electron chi connectivity index (χ1n) is 7.99. The summed E-state index contributed by atoms with van der Waals surface area (Å²) in [5, 5.41) is 10.3. The first-order chi connectivity index (χ1) is 12.1. The van der Waals surface area contributed by atoms with Crippen molar-refractivity contribution in [2.45, 2.75) is 13.3 Å². The third-order valence-electron chi connectivity index (χ3n) is 4.17. The molecule has 0 amide bonds. The quantitative estimate of drug-likeness (QED) is 0.613. The SMILES string of the molecule is Cc1nc2c(Cc3ccccc3)nc(-c3ccc(F)cc3)cn2c1O. The zero-order chi connectivity index (χ0) is 17.4. The zero-order valence-corrected chi connectivity index (χ0v) is 13.6. The van der Waals surface area contributed by atoms with Gasteiger partial charge in [0.15, 0.2) is 5.65 Å². The molecule has 0 aliphatic rings. The van der Waals surface area contributed by atoms with Crippen LogP contribution < -0.4 is 0 Å². The lowest BCUT2D eigenvalue weighted by Crippen LogP contribution is -2.01. The van der Waals surface area contributed by atoms with Gasteiger partial charge in [-0.3, -0.25) is 4.40 Å². The van der Waals surface area contributed by atoms with Gasteiger partial charge < -0.3 is 5.11 Å². The largest absolute Gasteiger partial charge is 0.493 e. The maximum absolute atomic E-state index is 13.2. The van der Waals surface area contributed by atoms with Gasteiger partial charge in [0.2, 0.25) is 5.88 Å². The number of benzene rings is 2. The third kappa shape index (κ3) is 2.85. The van der Waals surface area contributed by atoms with Crippen LogP contribution in [0.1, 0.15) is 17.0 Å². The van der Waals surface area contributed by atoms with E-state index >= 15 is 0 Å². The van der Waals surface area contributed by atoms with Gasteiger partial charge in [0.05, 0.1) is 11.4 Å². The number of halogens is 1. The van der Waals surface area contributed by atoms with Gasteiger partial charge >= 0.3 is 0 Å². The topological polar surface area (TPSA) is 50.4 Å². The van der Waals surface area contributed by atoms with Crippen LogP contribution in [0.25, 0.3) is 16.9 Å². The molecule has 0 aliphatic carbocycles. The molecule has 4 nitrogen and oxygen atoms in total. The molecular formula is C20H16FN3O. The highest BCUT2D eigenvalue weighted by Crippen LogP contribution is 2.26. The van der Waals surface area contributed by atoms with Crippen molar-refractivity contribution >= 4 is 5.65 Å². The molecular weight excluding hydrogens is 317 g/mol. The van der Waals surface area contributed by atoms with E-state index in [-0.39, 0.29) is 11.7 Å². The van der Waals surface area contributed by atoms with Crippen LogP contribution in [0.4, 0.5) is 4.39 Å². The van der Waals surface area contributed by atoms with E-state index in [1.165, 1.54) is 12.1 Å². The van der Waals surface area contributed by atoms with Crippen molar-refractivity contribution < 1.29 is 9.50 Å². The third-order valence-corrected chi connectivity index (χ3v) is 4.17. The Kier molecular flexibility index (Phi) is 3.69. The first-order valence-corrected chi connectivity index (χ1v) is 7.99. The second-order valence-electron chi connectivity index (χ2n) is 5.96. The van der Waals surface area contributed by atoms with Gasteiger partial charge in [-0.1, -0.05) is 30.3 Å². The van der Waals surface area contributed by atoms with E-state index in [9.17, 15) is 9.50 Å². The van der Waals surface area contributed by atoms with E-state index in [1.54, 1.807) is 29.7 Å². The zero-order valence-electron chi connectivity index (χ0n) is 13.6. The fourth-order valence-electron chi connectivity index (χ4n) is 2.88. The van der Waals surface area contributed by atoms with Crippen LogP contribution in [-0.2, 0) is 6.42 Å². The summed E-state index contributed by atoms with van der Waals surface area (Å²) in [6.45, 7) is 1.76. The average Bonchev–Trinajstić information content (AvgIpc) is 2.92. The smallest absolute Gasteiger partial charge is 0.219 e. The van der Waals surface area contributed by atoms with E-state index in [0.717, 1.165) is 16.8 Å². The lowest BCUT2D eigenvalue weighted by Gasteiger charge is -2.08. The molecule has 4 rings (SSSR count). The maximum atomic E-state index is 13.2. The molecule has 0 spiro atoms. The molecule has 2 heterocycles. The molecule has 0 aliphatic heterocycles. The van der Waals surface area contributed by atoms with Crippen molar-refractivity contribution in [3.8, 4) is 17.1 Å². The number of aromatic nitrogens is 3. The number of aryl methyl sites for hydroxylation is 1. The molecule has 25 heavy (non-hydrogen) atoms. The van der Waals surface area contributed by atoms with Gasteiger partial charge in [-0.25, -0.2) is 14.4 Å². The van der Waals surface area contributed by atoms with Gasteiger partial charge in [0.25, 0.3) is 0 Å². The van der Waals surface area contributed by atoms with Crippen LogP contribution >= 0.6 is 0 Å². The van der Waals surface area contributed by atoms with Gasteiger partial charge in [0.1, 0.15) is 11.5 Å². The predicted octanol–water partition coefficient (Wildman–Crippen LogP) is 4.14. The number of nitrogens with zero attached hydrogens (tertiary/aromatic N) is 3. The molecule has 0 radical (unpaired) electrons. The minimum atomic E-state index is -0.296. The summed E-state index contributed by atoms with van der Waals surface area (Å²) < 4.78 is 14.9. The van der Waals surface area contributed by atoms with Crippen LogP contribution in [0.2, 0.25) is 0 Å². The molecule has 124 valence electrons. The molecule has 2 aromatic heterocycles. The normalized spacial score (nSPS) is 11.1. The number of aromatic hydroxyl groups is 1. The van der Waals surface area contributed by atoms with Crippen molar-refractivity contribution in [1.29, 1.82) is 0 Å². The Hall–Kier alpha value is -3.21. The Balaban J connectivity index is 1.90. The predicted molar refractivity (Wildman–Crippen MR) is 94.0 cm³/mol. The van der Waals surface area contributed by atoms with Crippen LogP contribution in [0.3, 0.4) is 0 Å². The van der Waals surface area contributed by atoms with Crippen molar-refractivity contribution in [3.63, 3.8) is 0 Å². The van der Waals surface area contributed by atoms with Crippen LogP contribution in [-0.4, -0.2) is 19.5 Å². The first kappa shape index (κ1) is 15.3. The summed E-state index contributed by atoms with van der Waals surface area (Å²) >= 11 is 0. The molecule has 2 aromatic carbocycles. The standard InChI is InChI=1S/C20H16FN3O/c1-13-20(25)24-12-18(15-7-9-16(21)10-8-15)23-17(19(24)22-13)11-14-5-3-2-4-6-14/h2-10,12,25H,11H2,1H3. The van der Waals surface area contributed by atoms with Gasteiger partial charge in [0, 0.05) is 18.2 Å². The number of hydrogen-bond donors (Lipinski definition) is 1. The Morgan fingerprint density at radius 3 is 2.44 bits per heavy atom. The molecule has 5 heteroatoms. The van der Waals surface area contributed by atoms with E-state index < -0.39 is 0 Å². The number of fused-ring (bicyclic) bond motifs is 1. The Morgan fingerprint density at radius 1 is 1.00 bits per heavy atom. The monoisotopic (exact) mass is 333 g/mol. The number of rotatable bonds is 3. The lowest BCUT2D eigenvalue weighted by atomic mass is 10.1. The van der Waals surface area contributed by atoms with E-state index in [0.29, 0.717) is 23.5 Å².